The zero-order valence-electron chi connectivity index (χ0n) is 9.44. The number of aryl methyl sites for hydroxylation is 1. The fraction of sp³-hybridized carbons (Fsp3) is 0.143. The van der Waals surface area contributed by atoms with E-state index in [9.17, 15) is 0 Å². The van der Waals surface area contributed by atoms with Gasteiger partial charge in [-0.05, 0) is 44.2 Å². The van der Waals surface area contributed by atoms with E-state index >= 15 is 0 Å². The molecule has 2 rings (SSSR count). The fourth-order valence-corrected chi connectivity index (χ4v) is 2.21. The van der Waals surface area contributed by atoms with E-state index < -0.39 is 0 Å². The molecule has 0 bridgehead atoms. The molecule has 2 aromatic rings. The van der Waals surface area contributed by atoms with E-state index in [1.807, 2.05) is 31.2 Å². The van der Waals surface area contributed by atoms with Gasteiger partial charge in [0.2, 0.25) is 0 Å². The van der Waals surface area contributed by atoms with Crippen molar-refractivity contribution in [2.24, 2.45) is 0 Å². The Balaban J connectivity index is 2.11. The first-order chi connectivity index (χ1) is 7.78. The third-order valence-electron chi connectivity index (χ3n) is 2.17. The van der Waals surface area contributed by atoms with Gasteiger partial charge in [-0.1, -0.05) is 35.1 Å². The Morgan fingerprint density at radius 2 is 1.81 bits per heavy atom. The third kappa shape index (κ3) is 2.74. The van der Waals surface area contributed by atoms with Crippen LogP contribution in [-0.4, -0.2) is 0 Å². The average molecular weight is 230 g/mol. The third-order valence-corrected chi connectivity index (χ3v) is 3.10. The highest BCUT2D eigenvalue weighted by molar-refractivity contribution is 7.14. The van der Waals surface area contributed by atoms with Crippen molar-refractivity contribution in [2.45, 2.75) is 13.8 Å². The summed E-state index contributed by atoms with van der Waals surface area (Å²) >= 11 is 1.65. The molecule has 0 saturated carbocycles. The van der Waals surface area contributed by atoms with E-state index in [1.165, 1.54) is 10.4 Å². The maximum Gasteiger partial charge on any atom is 0.181 e. The van der Waals surface area contributed by atoms with Crippen molar-refractivity contribution in [1.82, 2.24) is 0 Å². The summed E-state index contributed by atoms with van der Waals surface area (Å²) in [5, 5.41) is 0.928. The Labute approximate surface area is 100 Å². The lowest BCUT2D eigenvalue weighted by molar-refractivity contribution is 0.496. The van der Waals surface area contributed by atoms with E-state index in [1.54, 1.807) is 11.3 Å². The van der Waals surface area contributed by atoms with Crippen LogP contribution >= 0.6 is 11.3 Å². The first kappa shape index (κ1) is 11.0. The van der Waals surface area contributed by atoms with Crippen LogP contribution in [0.1, 0.15) is 17.4 Å². The molecule has 0 radical (unpaired) electrons. The molecule has 0 spiro atoms. The van der Waals surface area contributed by atoms with Gasteiger partial charge in [0.05, 0.1) is 0 Å². The van der Waals surface area contributed by atoms with E-state index in [4.69, 9.17) is 4.74 Å². The molecule has 1 nitrogen and oxygen atoms in total. The Morgan fingerprint density at radius 3 is 2.50 bits per heavy atom. The summed E-state index contributed by atoms with van der Waals surface area (Å²) in [5.41, 5.74) is 1.24. The summed E-state index contributed by atoms with van der Waals surface area (Å²) in [7, 11) is 0. The maximum atomic E-state index is 5.74. The summed E-state index contributed by atoms with van der Waals surface area (Å²) < 4.78 is 5.74. The van der Waals surface area contributed by atoms with Gasteiger partial charge < -0.3 is 4.74 Å². The monoisotopic (exact) mass is 230 g/mol. The number of ether oxygens (including phenoxy) is 1. The number of rotatable bonds is 3. The molecule has 0 unspecified atom stereocenters. The lowest BCUT2D eigenvalue weighted by Crippen LogP contribution is -1.80. The molecule has 82 valence electrons. The molecule has 0 amide bonds. The minimum absolute atomic E-state index is 0.888. The van der Waals surface area contributed by atoms with Gasteiger partial charge in [-0.25, -0.2) is 0 Å². The molecule has 2 heteroatoms. The van der Waals surface area contributed by atoms with Gasteiger partial charge in [-0.15, -0.1) is 0 Å². The minimum Gasteiger partial charge on any atom is -0.447 e. The molecule has 0 N–H and O–H groups in total. The van der Waals surface area contributed by atoms with Crippen molar-refractivity contribution in [3.05, 3.63) is 52.9 Å². The molecule has 0 saturated heterocycles. The highest BCUT2D eigenvalue weighted by atomic mass is 32.1. The molecular weight excluding hydrogens is 216 g/mol. The van der Waals surface area contributed by atoms with Crippen LogP contribution in [0, 0.1) is 6.92 Å². The van der Waals surface area contributed by atoms with Gasteiger partial charge in [0, 0.05) is 4.88 Å². The Morgan fingerprint density at radius 1 is 1.06 bits per heavy atom. The minimum atomic E-state index is 0.888. The molecule has 0 fully saturated rings. The van der Waals surface area contributed by atoms with Crippen LogP contribution < -0.4 is 4.74 Å². The Hall–Kier alpha value is -1.54. The zero-order chi connectivity index (χ0) is 11.4. The van der Waals surface area contributed by atoms with Gasteiger partial charge in [-0.2, -0.15) is 0 Å². The van der Waals surface area contributed by atoms with Crippen molar-refractivity contribution in [1.29, 1.82) is 0 Å². The molecule has 16 heavy (non-hydrogen) atoms. The van der Waals surface area contributed by atoms with Gasteiger partial charge in [-0.3, -0.25) is 0 Å². The number of hydrogen-bond acceptors (Lipinski definition) is 2. The first-order valence-corrected chi connectivity index (χ1v) is 6.06. The highest BCUT2D eigenvalue weighted by Crippen LogP contribution is 2.30. The predicted octanol–water partition coefficient (Wildman–Crippen LogP) is 4.88. The lowest BCUT2D eigenvalue weighted by atomic mass is 10.2. The van der Waals surface area contributed by atoms with Gasteiger partial charge >= 0.3 is 0 Å². The summed E-state index contributed by atoms with van der Waals surface area (Å²) in [5.74, 6) is 0.888. The van der Waals surface area contributed by atoms with Crippen molar-refractivity contribution in [2.75, 3.05) is 0 Å². The maximum absolute atomic E-state index is 5.74. The van der Waals surface area contributed by atoms with Crippen LogP contribution in [0.3, 0.4) is 0 Å². The van der Waals surface area contributed by atoms with E-state index in [0.29, 0.717) is 0 Å². The molecule has 1 aromatic heterocycles. The Bertz CT molecular complexity index is 480. The van der Waals surface area contributed by atoms with Crippen LogP contribution in [-0.2, 0) is 0 Å². The number of hydrogen-bond donors (Lipinski definition) is 0. The quantitative estimate of drug-likeness (QED) is 0.730. The van der Waals surface area contributed by atoms with Crippen molar-refractivity contribution in [3.63, 3.8) is 0 Å². The van der Waals surface area contributed by atoms with Gasteiger partial charge in [0.25, 0.3) is 0 Å². The van der Waals surface area contributed by atoms with E-state index in [-0.39, 0.29) is 0 Å². The van der Waals surface area contributed by atoms with Crippen molar-refractivity contribution < 1.29 is 4.74 Å². The molecule has 1 aromatic carbocycles. The molecule has 0 aliphatic carbocycles. The Kier molecular flexibility index (Phi) is 3.42. The fourth-order valence-electron chi connectivity index (χ4n) is 1.37. The average Bonchev–Trinajstić information content (AvgIpc) is 2.70. The molecular formula is C14H14OS. The van der Waals surface area contributed by atoms with E-state index in [0.717, 1.165) is 10.8 Å². The highest BCUT2D eigenvalue weighted by Gasteiger charge is 2.00. The molecule has 0 aliphatic heterocycles. The SMILES string of the molecule is C/C=C/c1ccc(Oc2ccc(C)cc2)s1. The van der Waals surface area contributed by atoms with Gasteiger partial charge in [0.15, 0.2) is 5.06 Å². The zero-order valence-corrected chi connectivity index (χ0v) is 10.3. The lowest BCUT2D eigenvalue weighted by Gasteiger charge is -2.02. The summed E-state index contributed by atoms with van der Waals surface area (Å²) in [4.78, 5) is 1.21. The summed E-state index contributed by atoms with van der Waals surface area (Å²) in [6.45, 7) is 4.08. The van der Waals surface area contributed by atoms with Crippen LogP contribution in [0.5, 0.6) is 10.8 Å². The number of thiophene rings is 1. The van der Waals surface area contributed by atoms with Gasteiger partial charge in [0.1, 0.15) is 5.75 Å². The second-order valence-electron chi connectivity index (χ2n) is 3.57. The molecule has 0 atom stereocenters. The summed E-state index contributed by atoms with van der Waals surface area (Å²) in [6, 6.07) is 12.1. The first-order valence-electron chi connectivity index (χ1n) is 5.25. The smallest absolute Gasteiger partial charge is 0.181 e. The van der Waals surface area contributed by atoms with Crippen molar-refractivity contribution in [3.8, 4) is 10.8 Å². The van der Waals surface area contributed by atoms with Crippen molar-refractivity contribution >= 4 is 17.4 Å². The number of benzene rings is 1. The van der Waals surface area contributed by atoms with Crippen LogP contribution in [0.4, 0.5) is 0 Å². The standard InChI is InChI=1S/C14H14OS/c1-3-4-13-9-10-14(16-13)15-12-7-5-11(2)6-8-12/h3-10H,1-2H3/b4-3+. The van der Waals surface area contributed by atoms with Crippen LogP contribution in [0.15, 0.2) is 42.5 Å². The molecule has 0 aliphatic rings. The normalized spacial score (nSPS) is 10.9. The topological polar surface area (TPSA) is 9.23 Å². The second-order valence-corrected chi connectivity index (χ2v) is 4.65. The van der Waals surface area contributed by atoms with Crippen LogP contribution in [0.2, 0.25) is 0 Å². The molecule has 1 heterocycles. The largest absolute Gasteiger partial charge is 0.447 e. The van der Waals surface area contributed by atoms with Crippen LogP contribution in [0.25, 0.3) is 6.08 Å². The second kappa shape index (κ2) is 4.99. The summed E-state index contributed by atoms with van der Waals surface area (Å²) in [6.07, 6.45) is 4.11. The predicted molar refractivity (Wildman–Crippen MR) is 70.3 cm³/mol. The number of allylic oxidation sites excluding steroid dienone is 1. The van der Waals surface area contributed by atoms with E-state index in [2.05, 4.69) is 31.2 Å².